The van der Waals surface area contributed by atoms with Gasteiger partial charge < -0.3 is 24.9 Å². The van der Waals surface area contributed by atoms with E-state index in [0.29, 0.717) is 18.3 Å². The fourth-order valence-electron chi connectivity index (χ4n) is 2.22. The Hall–Kier alpha value is -2.47. The van der Waals surface area contributed by atoms with Crippen LogP contribution in [0.5, 0.6) is 5.75 Å². The first-order valence-electron chi connectivity index (χ1n) is 8.58. The maximum atomic E-state index is 10.5. The van der Waals surface area contributed by atoms with Gasteiger partial charge in [-0.15, -0.1) is 0 Å². The highest BCUT2D eigenvalue weighted by molar-refractivity contribution is 5.79. The average molecular weight is 345 g/mol. The molecule has 3 N–H and O–H groups in total. The number of hydrogen-bond donors (Lipinski definition) is 3. The molecule has 6 nitrogen and oxygen atoms in total. The van der Waals surface area contributed by atoms with Crippen LogP contribution < -0.4 is 15.4 Å². The number of guanidine groups is 1. The van der Waals surface area contributed by atoms with Crippen molar-refractivity contribution >= 4 is 5.96 Å². The van der Waals surface area contributed by atoms with E-state index in [1.54, 1.807) is 25.3 Å². The highest BCUT2D eigenvalue weighted by Crippen LogP contribution is 2.20. The van der Waals surface area contributed by atoms with Crippen LogP contribution in [-0.2, 0) is 5.60 Å². The van der Waals surface area contributed by atoms with Crippen LogP contribution in [0.1, 0.15) is 26.0 Å². The second-order valence-corrected chi connectivity index (χ2v) is 5.89. The summed E-state index contributed by atoms with van der Waals surface area (Å²) in [5, 5.41) is 16.9. The van der Waals surface area contributed by atoms with E-state index in [9.17, 15) is 5.11 Å². The van der Waals surface area contributed by atoms with E-state index in [0.717, 1.165) is 25.3 Å². The van der Waals surface area contributed by atoms with Crippen molar-refractivity contribution in [1.82, 2.24) is 10.6 Å². The normalized spacial score (nSPS) is 14.0. The summed E-state index contributed by atoms with van der Waals surface area (Å²) in [6.07, 6.45) is 2.39. The summed E-state index contributed by atoms with van der Waals surface area (Å²) in [5.74, 6) is 2.04. The third-order valence-corrected chi connectivity index (χ3v) is 3.57. The first-order chi connectivity index (χ1) is 12.1. The number of aliphatic imine (C=N–C) groups is 1. The van der Waals surface area contributed by atoms with Crippen LogP contribution in [0.15, 0.2) is 58.1 Å². The van der Waals surface area contributed by atoms with Gasteiger partial charge >= 0.3 is 0 Å². The Bertz CT molecular complexity index is 625. The van der Waals surface area contributed by atoms with Crippen molar-refractivity contribution in [3.8, 4) is 5.75 Å². The Balaban J connectivity index is 1.75. The van der Waals surface area contributed by atoms with Gasteiger partial charge in [0.05, 0.1) is 19.4 Å². The zero-order valence-corrected chi connectivity index (χ0v) is 14.9. The molecule has 0 aliphatic carbocycles. The molecule has 1 unspecified atom stereocenters. The second kappa shape index (κ2) is 9.74. The number of furan rings is 1. The molecule has 136 valence electrons. The summed E-state index contributed by atoms with van der Waals surface area (Å²) >= 11 is 0. The quantitative estimate of drug-likeness (QED) is 0.370. The Kier molecular flexibility index (Phi) is 7.35. The van der Waals surface area contributed by atoms with Gasteiger partial charge in [-0.2, -0.15) is 0 Å². The minimum absolute atomic E-state index is 0.205. The fourth-order valence-corrected chi connectivity index (χ4v) is 2.22. The molecule has 6 heteroatoms. The predicted octanol–water partition coefficient (Wildman–Crippen LogP) is 2.51. The summed E-state index contributed by atoms with van der Waals surface area (Å²) in [6, 6.07) is 13.2. The van der Waals surface area contributed by atoms with Gasteiger partial charge in [-0.05, 0) is 44.5 Å². The number of para-hydroxylation sites is 1. The molecule has 1 atom stereocenters. The van der Waals surface area contributed by atoms with Gasteiger partial charge in [0.25, 0.3) is 0 Å². The van der Waals surface area contributed by atoms with E-state index in [4.69, 9.17) is 9.15 Å². The molecule has 0 saturated carbocycles. The lowest BCUT2D eigenvalue weighted by Crippen LogP contribution is -2.39. The molecule has 2 rings (SSSR count). The number of nitrogens with zero attached hydrogens (tertiary/aromatic N) is 1. The van der Waals surface area contributed by atoms with E-state index in [1.807, 2.05) is 37.3 Å². The van der Waals surface area contributed by atoms with Crippen molar-refractivity contribution in [1.29, 1.82) is 0 Å². The number of rotatable bonds is 9. The van der Waals surface area contributed by atoms with Crippen LogP contribution in [0.3, 0.4) is 0 Å². The van der Waals surface area contributed by atoms with Crippen molar-refractivity contribution in [2.24, 2.45) is 4.99 Å². The van der Waals surface area contributed by atoms with Gasteiger partial charge in [-0.1, -0.05) is 18.2 Å². The van der Waals surface area contributed by atoms with Crippen LogP contribution in [0.25, 0.3) is 0 Å². The molecule has 25 heavy (non-hydrogen) atoms. The van der Waals surface area contributed by atoms with Crippen molar-refractivity contribution in [2.45, 2.75) is 25.9 Å². The van der Waals surface area contributed by atoms with Gasteiger partial charge in [0.2, 0.25) is 0 Å². The number of hydrogen-bond acceptors (Lipinski definition) is 4. The SMILES string of the molecule is CCNC(=NCC(C)(O)c1ccco1)NCCCOc1ccccc1. The summed E-state index contributed by atoms with van der Waals surface area (Å²) in [4.78, 5) is 4.44. The van der Waals surface area contributed by atoms with Crippen LogP contribution >= 0.6 is 0 Å². The molecular formula is C19H27N3O3. The van der Waals surface area contributed by atoms with E-state index in [-0.39, 0.29) is 6.54 Å². The van der Waals surface area contributed by atoms with Crippen molar-refractivity contribution in [3.63, 3.8) is 0 Å². The molecule has 0 fully saturated rings. The van der Waals surface area contributed by atoms with Crippen molar-refractivity contribution in [3.05, 3.63) is 54.5 Å². The van der Waals surface area contributed by atoms with Crippen LogP contribution in [-0.4, -0.2) is 37.3 Å². The molecule has 0 spiro atoms. The second-order valence-electron chi connectivity index (χ2n) is 5.89. The van der Waals surface area contributed by atoms with E-state index in [2.05, 4.69) is 15.6 Å². The van der Waals surface area contributed by atoms with Gasteiger partial charge in [0.15, 0.2) is 5.96 Å². The topological polar surface area (TPSA) is 79.0 Å². The predicted molar refractivity (Wildman–Crippen MR) is 98.8 cm³/mol. The average Bonchev–Trinajstić information content (AvgIpc) is 3.16. The molecule has 1 aromatic heterocycles. The van der Waals surface area contributed by atoms with E-state index in [1.165, 1.54) is 0 Å². The summed E-state index contributed by atoms with van der Waals surface area (Å²) in [6.45, 7) is 5.99. The van der Waals surface area contributed by atoms with Crippen LogP contribution in [0.4, 0.5) is 0 Å². The summed E-state index contributed by atoms with van der Waals surface area (Å²) < 4.78 is 10.9. The zero-order chi connectivity index (χ0) is 18.0. The number of ether oxygens (including phenoxy) is 1. The molecule has 0 bridgehead atoms. The molecule has 0 aliphatic heterocycles. The number of benzene rings is 1. The molecule has 0 radical (unpaired) electrons. The monoisotopic (exact) mass is 345 g/mol. The lowest BCUT2D eigenvalue weighted by molar-refractivity contribution is 0.0437. The molecule has 0 aliphatic rings. The minimum atomic E-state index is -1.14. The van der Waals surface area contributed by atoms with Crippen LogP contribution in [0, 0.1) is 0 Å². The van der Waals surface area contributed by atoms with Crippen LogP contribution in [0.2, 0.25) is 0 Å². The molecule has 1 aromatic carbocycles. The highest BCUT2D eigenvalue weighted by atomic mass is 16.5. The maximum absolute atomic E-state index is 10.5. The Morgan fingerprint density at radius 1 is 1.20 bits per heavy atom. The van der Waals surface area contributed by atoms with E-state index < -0.39 is 5.60 Å². The van der Waals surface area contributed by atoms with Crippen molar-refractivity contribution < 1.29 is 14.3 Å². The third kappa shape index (κ3) is 6.51. The summed E-state index contributed by atoms with van der Waals surface area (Å²) in [5.41, 5.74) is -1.14. The molecule has 1 heterocycles. The Morgan fingerprint density at radius 3 is 2.68 bits per heavy atom. The van der Waals surface area contributed by atoms with Gasteiger partial charge in [0, 0.05) is 13.1 Å². The summed E-state index contributed by atoms with van der Waals surface area (Å²) in [7, 11) is 0. The number of nitrogens with one attached hydrogen (secondary N) is 2. The standard InChI is InChI=1S/C19H27N3O3/c1-3-20-18(22-15-19(2,23)17-11-7-13-25-17)21-12-8-14-24-16-9-5-4-6-10-16/h4-7,9-11,13,23H,3,8,12,14-15H2,1-2H3,(H2,20,21,22). The number of aliphatic hydroxyl groups is 1. The molecular weight excluding hydrogens is 318 g/mol. The Morgan fingerprint density at radius 2 is 2.00 bits per heavy atom. The molecule has 0 amide bonds. The van der Waals surface area contributed by atoms with Gasteiger partial charge in [-0.25, -0.2) is 4.99 Å². The molecule has 0 saturated heterocycles. The first-order valence-corrected chi connectivity index (χ1v) is 8.58. The lowest BCUT2D eigenvalue weighted by Gasteiger charge is -2.19. The third-order valence-electron chi connectivity index (χ3n) is 3.57. The minimum Gasteiger partial charge on any atom is -0.494 e. The Labute approximate surface area is 148 Å². The largest absolute Gasteiger partial charge is 0.494 e. The molecule has 2 aromatic rings. The van der Waals surface area contributed by atoms with Gasteiger partial charge in [0.1, 0.15) is 17.1 Å². The smallest absolute Gasteiger partial charge is 0.191 e. The van der Waals surface area contributed by atoms with Crippen molar-refractivity contribution in [2.75, 3.05) is 26.2 Å². The lowest BCUT2D eigenvalue weighted by atomic mass is 10.0. The zero-order valence-electron chi connectivity index (χ0n) is 14.9. The van der Waals surface area contributed by atoms with Gasteiger partial charge in [-0.3, -0.25) is 0 Å². The first kappa shape index (κ1) is 18.9. The highest BCUT2D eigenvalue weighted by Gasteiger charge is 2.25. The fraction of sp³-hybridized carbons (Fsp3) is 0.421. The maximum Gasteiger partial charge on any atom is 0.191 e. The van der Waals surface area contributed by atoms with E-state index >= 15 is 0 Å².